The molecule has 3 aromatic rings. The van der Waals surface area contributed by atoms with Crippen molar-refractivity contribution in [3.8, 4) is 17.6 Å². The lowest BCUT2D eigenvalue weighted by Crippen LogP contribution is -2.13. The highest BCUT2D eigenvalue weighted by Crippen LogP contribution is 2.37. The molecular formula is C20H19ClN4O3. The lowest BCUT2D eigenvalue weighted by Gasteiger charge is -2.13. The molecule has 1 aromatic carbocycles. The zero-order valence-corrected chi connectivity index (χ0v) is 16.7. The molecule has 0 atom stereocenters. The van der Waals surface area contributed by atoms with Crippen LogP contribution in [0.3, 0.4) is 0 Å². The minimum Gasteiger partial charge on any atom is -0.490 e. The molecule has 0 amide bonds. The summed E-state index contributed by atoms with van der Waals surface area (Å²) in [6.45, 7) is 7.86. The van der Waals surface area contributed by atoms with Crippen LogP contribution < -0.4 is 9.47 Å². The first-order valence-electron chi connectivity index (χ1n) is 8.79. The summed E-state index contributed by atoms with van der Waals surface area (Å²) < 4.78 is 12.8. The van der Waals surface area contributed by atoms with Crippen molar-refractivity contribution in [2.75, 3.05) is 6.61 Å². The van der Waals surface area contributed by atoms with E-state index in [1.54, 1.807) is 30.8 Å². The summed E-state index contributed by atoms with van der Waals surface area (Å²) in [4.78, 5) is 17.3. The Balaban J connectivity index is 2.00. The van der Waals surface area contributed by atoms with Crippen LogP contribution in [0.4, 0.5) is 0 Å². The number of esters is 1. The van der Waals surface area contributed by atoms with E-state index in [1.807, 2.05) is 19.9 Å². The Morgan fingerprint density at radius 1 is 1.36 bits per heavy atom. The highest BCUT2D eigenvalue weighted by atomic mass is 35.5. The van der Waals surface area contributed by atoms with Gasteiger partial charge in [0.15, 0.2) is 17.1 Å². The molecule has 0 N–H and O–H groups in total. The Hall–Kier alpha value is -3.11. The van der Waals surface area contributed by atoms with Crippen molar-refractivity contribution in [3.63, 3.8) is 0 Å². The number of carbonyl (C=O) groups excluding carboxylic acids is 1. The molecule has 0 saturated carbocycles. The minimum absolute atomic E-state index is 0.0740. The molecule has 3 rings (SSSR count). The van der Waals surface area contributed by atoms with Gasteiger partial charge in [-0.05, 0) is 39.8 Å². The third-order valence-electron chi connectivity index (χ3n) is 4.10. The predicted molar refractivity (Wildman–Crippen MR) is 105 cm³/mol. The average Bonchev–Trinajstić information content (AvgIpc) is 3.06. The Kier molecular flexibility index (Phi) is 5.52. The Morgan fingerprint density at radius 3 is 2.75 bits per heavy atom. The quantitative estimate of drug-likeness (QED) is 0.465. The van der Waals surface area contributed by atoms with Crippen LogP contribution >= 0.6 is 11.6 Å². The second kappa shape index (κ2) is 7.87. The molecule has 8 heteroatoms. The summed E-state index contributed by atoms with van der Waals surface area (Å²) in [5.74, 6) is -0.305. The number of aromatic nitrogens is 3. The van der Waals surface area contributed by atoms with Gasteiger partial charge in [0.2, 0.25) is 0 Å². The summed E-state index contributed by atoms with van der Waals surface area (Å²) in [6, 6.07) is 6.75. The van der Waals surface area contributed by atoms with E-state index in [-0.39, 0.29) is 22.6 Å². The van der Waals surface area contributed by atoms with Crippen molar-refractivity contribution in [2.24, 2.45) is 0 Å². The highest BCUT2D eigenvalue weighted by Gasteiger charge is 2.21. The number of aryl methyl sites for hydroxylation is 1. The van der Waals surface area contributed by atoms with Crippen LogP contribution in [0.1, 0.15) is 48.4 Å². The molecule has 0 unspecified atom stereocenters. The summed E-state index contributed by atoms with van der Waals surface area (Å²) in [7, 11) is 0. The SMILES string of the molecule is CCOc1cc(C#N)cc(Cl)c1OC(=O)c1cc2cnn(C(C)C)c2nc1C. The van der Waals surface area contributed by atoms with Gasteiger partial charge >= 0.3 is 5.97 Å². The van der Waals surface area contributed by atoms with Crippen molar-refractivity contribution in [3.05, 3.63) is 46.2 Å². The lowest BCUT2D eigenvalue weighted by atomic mass is 10.1. The average molecular weight is 399 g/mol. The van der Waals surface area contributed by atoms with Crippen molar-refractivity contribution in [1.82, 2.24) is 14.8 Å². The summed E-state index contributed by atoms with van der Waals surface area (Å²) >= 11 is 6.22. The van der Waals surface area contributed by atoms with Crippen LogP contribution in [0.5, 0.6) is 11.5 Å². The second-order valence-corrected chi connectivity index (χ2v) is 6.84. The summed E-state index contributed by atoms with van der Waals surface area (Å²) in [5, 5.41) is 14.3. The number of halogens is 1. The second-order valence-electron chi connectivity index (χ2n) is 6.44. The summed E-state index contributed by atoms with van der Waals surface area (Å²) in [6.07, 6.45) is 1.67. The van der Waals surface area contributed by atoms with Crippen LogP contribution in [-0.2, 0) is 0 Å². The zero-order chi connectivity index (χ0) is 20.4. The largest absolute Gasteiger partial charge is 0.490 e. The predicted octanol–water partition coefficient (Wildman–Crippen LogP) is 4.46. The molecular weight excluding hydrogens is 380 g/mol. The molecule has 0 radical (unpaired) electrons. The molecule has 0 aliphatic heterocycles. The maximum absolute atomic E-state index is 12.8. The Labute approximate surface area is 167 Å². The normalized spacial score (nSPS) is 10.9. The van der Waals surface area contributed by atoms with Gasteiger partial charge in [-0.2, -0.15) is 10.4 Å². The lowest BCUT2D eigenvalue weighted by molar-refractivity contribution is 0.0727. The molecule has 144 valence electrons. The maximum Gasteiger partial charge on any atom is 0.345 e. The van der Waals surface area contributed by atoms with E-state index >= 15 is 0 Å². The number of pyridine rings is 1. The number of fused-ring (bicyclic) bond motifs is 1. The molecule has 7 nitrogen and oxygen atoms in total. The van der Waals surface area contributed by atoms with E-state index in [2.05, 4.69) is 10.1 Å². The van der Waals surface area contributed by atoms with E-state index in [1.165, 1.54) is 12.1 Å². The standard InChI is InChI=1S/C20H19ClN4O3/c1-5-27-17-7-13(9-22)6-16(21)18(17)28-20(26)15-8-14-10-23-25(11(2)3)19(14)24-12(15)4/h6-8,10-11H,5H2,1-4H3. The third kappa shape index (κ3) is 3.64. The van der Waals surface area contributed by atoms with Crippen LogP contribution in [0.15, 0.2) is 24.4 Å². The number of carbonyl (C=O) groups is 1. The van der Waals surface area contributed by atoms with Crippen LogP contribution in [0.25, 0.3) is 11.0 Å². The van der Waals surface area contributed by atoms with Crippen molar-refractivity contribution >= 4 is 28.6 Å². The van der Waals surface area contributed by atoms with Gasteiger partial charge in [0, 0.05) is 17.5 Å². The first kappa shape index (κ1) is 19.6. The molecule has 2 heterocycles. The smallest absolute Gasteiger partial charge is 0.345 e. The summed E-state index contributed by atoms with van der Waals surface area (Å²) in [5.41, 5.74) is 1.84. The number of hydrogen-bond acceptors (Lipinski definition) is 6. The van der Waals surface area contributed by atoms with Gasteiger partial charge in [0.05, 0.1) is 40.7 Å². The fourth-order valence-corrected chi connectivity index (χ4v) is 3.04. The molecule has 0 bridgehead atoms. The van der Waals surface area contributed by atoms with Crippen LogP contribution in [0, 0.1) is 18.3 Å². The molecule has 0 spiro atoms. The molecule has 2 aromatic heterocycles. The van der Waals surface area contributed by atoms with Gasteiger partial charge in [-0.1, -0.05) is 11.6 Å². The maximum atomic E-state index is 12.8. The van der Waals surface area contributed by atoms with E-state index in [4.69, 9.17) is 26.3 Å². The Morgan fingerprint density at radius 2 is 2.11 bits per heavy atom. The van der Waals surface area contributed by atoms with E-state index in [0.717, 1.165) is 5.39 Å². The van der Waals surface area contributed by atoms with Gasteiger partial charge in [-0.3, -0.25) is 0 Å². The van der Waals surface area contributed by atoms with Gasteiger partial charge in [0.25, 0.3) is 0 Å². The number of hydrogen-bond donors (Lipinski definition) is 0. The van der Waals surface area contributed by atoms with Gasteiger partial charge in [-0.25, -0.2) is 14.5 Å². The molecule has 28 heavy (non-hydrogen) atoms. The van der Waals surface area contributed by atoms with Crippen molar-refractivity contribution in [2.45, 2.75) is 33.7 Å². The van der Waals surface area contributed by atoms with E-state index in [9.17, 15) is 4.79 Å². The monoisotopic (exact) mass is 398 g/mol. The van der Waals surface area contributed by atoms with Gasteiger partial charge < -0.3 is 9.47 Å². The van der Waals surface area contributed by atoms with Gasteiger partial charge in [-0.15, -0.1) is 0 Å². The van der Waals surface area contributed by atoms with E-state index < -0.39 is 5.97 Å². The van der Waals surface area contributed by atoms with E-state index in [0.29, 0.717) is 29.1 Å². The van der Waals surface area contributed by atoms with Crippen molar-refractivity contribution < 1.29 is 14.3 Å². The number of ether oxygens (including phenoxy) is 2. The molecule has 0 saturated heterocycles. The van der Waals surface area contributed by atoms with Crippen LogP contribution in [-0.4, -0.2) is 27.3 Å². The zero-order valence-electron chi connectivity index (χ0n) is 16.0. The highest BCUT2D eigenvalue weighted by molar-refractivity contribution is 6.32. The number of rotatable bonds is 5. The third-order valence-corrected chi connectivity index (χ3v) is 4.38. The fourth-order valence-electron chi connectivity index (χ4n) is 2.79. The number of benzene rings is 1. The minimum atomic E-state index is -0.614. The first-order valence-corrected chi connectivity index (χ1v) is 9.17. The number of nitrogens with zero attached hydrogens (tertiary/aromatic N) is 4. The Bertz CT molecular complexity index is 1100. The number of nitriles is 1. The fraction of sp³-hybridized carbons (Fsp3) is 0.300. The molecule has 0 fully saturated rings. The van der Waals surface area contributed by atoms with Gasteiger partial charge in [0.1, 0.15) is 0 Å². The topological polar surface area (TPSA) is 90.0 Å². The first-order chi connectivity index (χ1) is 13.3. The van der Waals surface area contributed by atoms with Crippen LogP contribution in [0.2, 0.25) is 5.02 Å². The molecule has 0 aliphatic carbocycles. The van der Waals surface area contributed by atoms with Crippen molar-refractivity contribution in [1.29, 1.82) is 5.26 Å². The molecule has 0 aliphatic rings.